The van der Waals surface area contributed by atoms with Gasteiger partial charge in [0.1, 0.15) is 0 Å². The van der Waals surface area contributed by atoms with Gasteiger partial charge in [-0.3, -0.25) is 10.2 Å². The molecule has 6 N–H and O–H groups in total. The van der Waals surface area contributed by atoms with Gasteiger partial charge >= 0.3 is 0 Å². The molecular weight excluding hydrogens is 276 g/mol. The van der Waals surface area contributed by atoms with Crippen molar-refractivity contribution in [1.29, 1.82) is 0 Å². The van der Waals surface area contributed by atoms with E-state index in [-0.39, 0.29) is 17.6 Å². The normalized spacial score (nSPS) is 10.3. The highest BCUT2D eigenvalue weighted by Crippen LogP contribution is 2.17. The van der Waals surface area contributed by atoms with Gasteiger partial charge in [-0.25, -0.2) is 15.5 Å². The molecule has 0 aliphatic carbocycles. The van der Waals surface area contributed by atoms with Crippen molar-refractivity contribution in [3.8, 4) is 0 Å². The van der Waals surface area contributed by atoms with Gasteiger partial charge in [-0.15, -0.1) is 21.5 Å². The first-order valence-corrected chi connectivity index (χ1v) is 6.56. The fourth-order valence-electron chi connectivity index (χ4n) is 1.04. The van der Waals surface area contributed by atoms with Gasteiger partial charge in [0.15, 0.2) is 5.13 Å². The van der Waals surface area contributed by atoms with Crippen LogP contribution in [0.4, 0.5) is 11.1 Å². The molecule has 0 aliphatic heterocycles. The van der Waals surface area contributed by atoms with Crippen LogP contribution in [-0.4, -0.2) is 31.5 Å². The number of hydrogen-bond donors (Lipinski definition) is 4. The number of hydrogen-bond acceptors (Lipinski definition) is 9. The summed E-state index contributed by atoms with van der Waals surface area (Å²) in [5, 5.41) is 12.8. The van der Waals surface area contributed by atoms with Crippen molar-refractivity contribution >= 4 is 40.1 Å². The summed E-state index contributed by atoms with van der Waals surface area (Å²) >= 11 is 2.49. The highest BCUT2D eigenvalue weighted by atomic mass is 32.2. The predicted octanol–water partition coefficient (Wildman–Crippen LogP) is -0.535. The molecule has 0 radical (unpaired) electrons. The number of nitrogens with zero attached hydrogens (tertiary/aromatic N) is 4. The minimum Gasteiger partial charge on any atom is -0.334 e. The van der Waals surface area contributed by atoms with Crippen molar-refractivity contribution in [3.05, 3.63) is 11.6 Å². The molecule has 1 amide bonds. The van der Waals surface area contributed by atoms with Crippen LogP contribution in [0.1, 0.15) is 0 Å². The Balaban J connectivity index is 1.87. The van der Waals surface area contributed by atoms with Crippen LogP contribution in [0.15, 0.2) is 16.7 Å². The molecule has 0 saturated carbocycles. The Hall–Kier alpha value is -1.85. The third-order valence-electron chi connectivity index (χ3n) is 1.80. The Bertz CT molecular complexity index is 524. The fraction of sp³-hybridized carbons (Fsp3) is 0.143. The van der Waals surface area contributed by atoms with Crippen molar-refractivity contribution in [2.24, 2.45) is 5.84 Å². The highest BCUT2D eigenvalue weighted by Gasteiger charge is 2.11. The van der Waals surface area contributed by atoms with Crippen molar-refractivity contribution in [3.63, 3.8) is 0 Å². The molecule has 0 unspecified atom stereocenters. The van der Waals surface area contributed by atoms with Crippen LogP contribution >= 0.6 is 23.1 Å². The van der Waals surface area contributed by atoms with Crippen LogP contribution in [0.25, 0.3) is 0 Å². The molecule has 11 heteroatoms. The van der Waals surface area contributed by atoms with E-state index < -0.39 is 0 Å². The van der Waals surface area contributed by atoms with E-state index in [0.29, 0.717) is 10.3 Å². The van der Waals surface area contributed by atoms with E-state index in [9.17, 15) is 4.79 Å². The van der Waals surface area contributed by atoms with Crippen molar-refractivity contribution in [2.45, 2.75) is 5.16 Å². The zero-order valence-corrected chi connectivity index (χ0v) is 10.7. The highest BCUT2D eigenvalue weighted by molar-refractivity contribution is 7.99. The lowest BCUT2D eigenvalue weighted by atomic mass is 10.7. The number of amides is 1. The molecule has 2 aromatic heterocycles. The van der Waals surface area contributed by atoms with Crippen LogP contribution in [-0.2, 0) is 4.79 Å². The van der Waals surface area contributed by atoms with Crippen LogP contribution in [0.2, 0.25) is 0 Å². The number of carbonyl (C=O) groups excluding carboxylic acids is 1. The van der Waals surface area contributed by atoms with Crippen LogP contribution < -0.4 is 22.4 Å². The Labute approximate surface area is 110 Å². The van der Waals surface area contributed by atoms with E-state index in [1.807, 2.05) is 0 Å². The molecule has 2 heterocycles. The van der Waals surface area contributed by atoms with Crippen molar-refractivity contribution in [1.82, 2.24) is 19.9 Å². The molecule has 0 aromatic carbocycles. The minimum atomic E-state index is -0.194. The number of thioether (sulfide) groups is 1. The summed E-state index contributed by atoms with van der Waals surface area (Å²) in [6, 6.07) is 0. The first-order valence-electron chi connectivity index (χ1n) is 4.70. The SMILES string of the molecule is NNc1nnc(SCC(=O)Nc2nccs2)n1N. The van der Waals surface area contributed by atoms with Gasteiger partial charge < -0.3 is 11.2 Å². The molecule has 96 valence electrons. The summed E-state index contributed by atoms with van der Waals surface area (Å²) in [7, 11) is 0. The molecular formula is C7H10N8OS2. The number of aromatic nitrogens is 4. The summed E-state index contributed by atoms with van der Waals surface area (Å²) in [5.41, 5.74) is 2.28. The summed E-state index contributed by atoms with van der Waals surface area (Å²) in [6.45, 7) is 0. The van der Waals surface area contributed by atoms with E-state index in [1.54, 1.807) is 11.6 Å². The number of hydrazine groups is 1. The number of rotatable bonds is 5. The number of nitrogens with one attached hydrogen (secondary N) is 2. The topological polar surface area (TPSA) is 137 Å². The van der Waals surface area contributed by atoms with Gasteiger partial charge in [-0.2, -0.15) is 0 Å². The second-order valence-electron chi connectivity index (χ2n) is 2.99. The van der Waals surface area contributed by atoms with E-state index in [1.165, 1.54) is 16.0 Å². The summed E-state index contributed by atoms with van der Waals surface area (Å²) in [5.74, 6) is 11.0. The zero-order chi connectivity index (χ0) is 13.0. The van der Waals surface area contributed by atoms with Crippen molar-refractivity contribution < 1.29 is 4.79 Å². The number of nitrogens with two attached hydrogens (primary N) is 2. The number of anilines is 2. The Kier molecular flexibility index (Phi) is 3.96. The minimum absolute atomic E-state index is 0.152. The van der Waals surface area contributed by atoms with Gasteiger partial charge in [0.25, 0.3) is 5.95 Å². The maximum atomic E-state index is 11.6. The van der Waals surface area contributed by atoms with Crippen LogP contribution in [0, 0.1) is 0 Å². The van der Waals surface area contributed by atoms with Crippen molar-refractivity contribution in [2.75, 3.05) is 22.3 Å². The monoisotopic (exact) mass is 286 g/mol. The van der Waals surface area contributed by atoms with Gasteiger partial charge in [0.05, 0.1) is 5.75 Å². The molecule has 0 atom stereocenters. The number of nitrogen functional groups attached to an aromatic ring is 2. The van der Waals surface area contributed by atoms with Crippen LogP contribution in [0.5, 0.6) is 0 Å². The third-order valence-corrected chi connectivity index (χ3v) is 3.44. The maximum absolute atomic E-state index is 11.6. The maximum Gasteiger partial charge on any atom is 0.258 e. The molecule has 0 saturated heterocycles. The van der Waals surface area contributed by atoms with E-state index >= 15 is 0 Å². The van der Waals surface area contributed by atoms with Gasteiger partial charge in [-0.1, -0.05) is 11.8 Å². The standard InChI is InChI=1S/C7H10N8OS2/c8-12-5-13-14-7(15(5)9)18-3-4(16)11-6-10-1-2-17-6/h1-2H,3,8-9H2,(H,12,13)(H,10,11,16). The second-order valence-corrected chi connectivity index (χ2v) is 4.83. The molecule has 0 spiro atoms. The number of carbonyl (C=O) groups is 1. The third kappa shape index (κ3) is 2.88. The summed E-state index contributed by atoms with van der Waals surface area (Å²) in [4.78, 5) is 15.5. The molecule has 0 aliphatic rings. The van der Waals surface area contributed by atoms with E-state index in [2.05, 4.69) is 25.9 Å². The smallest absolute Gasteiger partial charge is 0.258 e. The van der Waals surface area contributed by atoms with E-state index in [4.69, 9.17) is 11.7 Å². The van der Waals surface area contributed by atoms with Gasteiger partial charge in [0.2, 0.25) is 11.1 Å². The predicted molar refractivity (Wildman–Crippen MR) is 69.5 cm³/mol. The molecule has 2 aromatic rings. The molecule has 9 nitrogen and oxygen atoms in total. The Morgan fingerprint density at radius 3 is 3.00 bits per heavy atom. The summed E-state index contributed by atoms with van der Waals surface area (Å²) < 4.78 is 1.17. The molecule has 0 fully saturated rings. The lowest BCUT2D eigenvalue weighted by Gasteiger charge is -2.02. The van der Waals surface area contributed by atoms with E-state index in [0.717, 1.165) is 11.8 Å². The average molecular weight is 286 g/mol. The average Bonchev–Trinajstić information content (AvgIpc) is 2.97. The first kappa shape index (κ1) is 12.6. The number of thiazole rings is 1. The largest absolute Gasteiger partial charge is 0.334 e. The van der Waals surface area contributed by atoms with Crippen LogP contribution in [0.3, 0.4) is 0 Å². The molecule has 18 heavy (non-hydrogen) atoms. The second kappa shape index (κ2) is 5.66. The quantitative estimate of drug-likeness (QED) is 0.327. The Morgan fingerprint density at radius 2 is 2.39 bits per heavy atom. The lowest BCUT2D eigenvalue weighted by molar-refractivity contribution is -0.113. The first-order chi connectivity index (χ1) is 8.70. The molecule has 0 bridgehead atoms. The summed E-state index contributed by atoms with van der Waals surface area (Å²) in [6.07, 6.45) is 1.61. The van der Waals surface area contributed by atoms with Gasteiger partial charge in [-0.05, 0) is 0 Å². The van der Waals surface area contributed by atoms with Gasteiger partial charge in [0, 0.05) is 11.6 Å². The lowest BCUT2D eigenvalue weighted by Crippen LogP contribution is -2.19. The Morgan fingerprint density at radius 1 is 1.56 bits per heavy atom. The fourth-order valence-corrected chi connectivity index (χ4v) is 2.25. The zero-order valence-electron chi connectivity index (χ0n) is 9.03. The molecule has 2 rings (SSSR count).